The van der Waals surface area contributed by atoms with Crippen molar-refractivity contribution in [2.24, 2.45) is 0 Å². The molecule has 3 rings (SSSR count). The summed E-state index contributed by atoms with van der Waals surface area (Å²) in [5.74, 6) is 0. The van der Waals surface area contributed by atoms with Crippen molar-refractivity contribution in [2.45, 2.75) is 51.9 Å². The highest BCUT2D eigenvalue weighted by molar-refractivity contribution is 7.14. The predicted octanol–water partition coefficient (Wildman–Crippen LogP) is 6.12. The van der Waals surface area contributed by atoms with Gasteiger partial charge >= 0.3 is 0 Å². The number of halogens is 1. The Morgan fingerprint density at radius 2 is 1.82 bits per heavy atom. The number of thiazole rings is 1. The molecule has 2 heterocycles. The summed E-state index contributed by atoms with van der Waals surface area (Å²) in [7, 11) is 0. The lowest BCUT2D eigenvalue weighted by Gasteiger charge is -2.05. The minimum atomic E-state index is -0.381. The van der Waals surface area contributed by atoms with Crippen LogP contribution in [-0.4, -0.2) is 10.2 Å². The molecule has 0 aliphatic rings. The van der Waals surface area contributed by atoms with Crippen molar-refractivity contribution in [3.8, 4) is 11.3 Å². The second kappa shape index (κ2) is 10.2. The second-order valence-corrected chi connectivity index (χ2v) is 7.90. The lowest BCUT2D eigenvalue weighted by Crippen LogP contribution is -2.28. The van der Waals surface area contributed by atoms with Crippen molar-refractivity contribution in [1.29, 1.82) is 0 Å². The Morgan fingerprint density at radius 3 is 2.57 bits per heavy atom. The van der Waals surface area contributed by atoms with E-state index in [1.165, 1.54) is 56.5 Å². The maximum Gasteiger partial charge on any atom is 0.231 e. The Bertz CT molecular complexity index is 880. The highest BCUT2D eigenvalue weighted by Gasteiger charge is 2.16. The minimum Gasteiger partial charge on any atom is -0.331 e. The van der Waals surface area contributed by atoms with E-state index in [0.717, 1.165) is 28.2 Å². The van der Waals surface area contributed by atoms with E-state index in [1.54, 1.807) is 12.1 Å². The molecule has 0 aliphatic carbocycles. The molecule has 0 aliphatic heterocycles. The minimum absolute atomic E-state index is 0.232. The molecule has 4 nitrogen and oxygen atoms in total. The molecular weight excluding hydrogens is 373 g/mol. The number of rotatable bonds is 10. The molecule has 148 valence electrons. The Balaban J connectivity index is 1.55. The monoisotopic (exact) mass is 400 g/mol. The van der Waals surface area contributed by atoms with Gasteiger partial charge < -0.3 is 5.32 Å². The van der Waals surface area contributed by atoms with Crippen LogP contribution in [0.25, 0.3) is 11.3 Å². The van der Waals surface area contributed by atoms with E-state index in [-0.39, 0.29) is 10.8 Å². The van der Waals surface area contributed by atoms with E-state index in [9.17, 15) is 9.60 Å². The molecule has 0 saturated carbocycles. The smallest absolute Gasteiger partial charge is 0.231 e. The van der Waals surface area contributed by atoms with Crippen LogP contribution in [-0.2, 0) is 6.42 Å². The number of nitrogens with zero attached hydrogens (tertiary/aromatic N) is 2. The molecule has 2 N–H and O–H groups in total. The third-order valence-electron chi connectivity index (χ3n) is 4.67. The van der Waals surface area contributed by atoms with E-state index in [0.29, 0.717) is 10.7 Å². The Hall–Kier alpha value is -2.47. The first-order valence-corrected chi connectivity index (χ1v) is 10.7. The summed E-state index contributed by atoms with van der Waals surface area (Å²) in [6.45, 7) is 2.24. The average Bonchev–Trinajstić information content (AvgIpc) is 3.06. The fourth-order valence-corrected chi connectivity index (χ4v) is 3.86. The van der Waals surface area contributed by atoms with Gasteiger partial charge in [0.05, 0.1) is 5.56 Å². The molecule has 0 unspecified atom stereocenters. The Kier molecular flexibility index (Phi) is 7.37. The zero-order valence-corrected chi connectivity index (χ0v) is 17.0. The molecule has 1 aromatic carbocycles. The van der Waals surface area contributed by atoms with Crippen LogP contribution in [0.3, 0.4) is 0 Å². The maximum absolute atomic E-state index is 14.3. The van der Waals surface area contributed by atoms with Crippen LogP contribution in [0.4, 0.5) is 15.2 Å². The lowest BCUT2D eigenvalue weighted by molar-refractivity contribution is -0.904. The third-order valence-corrected chi connectivity index (χ3v) is 5.43. The van der Waals surface area contributed by atoms with E-state index >= 15 is 0 Å². The number of unbranched alkanes of at least 4 members (excludes halogenated alkanes) is 5. The predicted molar refractivity (Wildman–Crippen MR) is 112 cm³/mol. The average molecular weight is 401 g/mol. The first-order valence-electron chi connectivity index (χ1n) is 9.89. The van der Waals surface area contributed by atoms with Crippen molar-refractivity contribution in [3.05, 3.63) is 59.5 Å². The van der Waals surface area contributed by atoms with Crippen molar-refractivity contribution < 1.29 is 14.3 Å². The first-order chi connectivity index (χ1) is 13.7. The summed E-state index contributed by atoms with van der Waals surface area (Å²) in [5, 5.41) is 12.8. The van der Waals surface area contributed by atoms with Crippen LogP contribution in [0.5, 0.6) is 0 Å². The van der Waals surface area contributed by atoms with Gasteiger partial charge in [0.15, 0.2) is 5.13 Å². The molecule has 0 amide bonds. The first kappa shape index (κ1) is 20.3. The lowest BCUT2D eigenvalue weighted by atomic mass is 10.0. The van der Waals surface area contributed by atoms with E-state index in [1.807, 2.05) is 12.1 Å². The Morgan fingerprint density at radius 1 is 1.07 bits per heavy atom. The van der Waals surface area contributed by atoms with Gasteiger partial charge in [0.25, 0.3) is 0 Å². The molecule has 0 radical (unpaired) electrons. The van der Waals surface area contributed by atoms with Gasteiger partial charge in [-0.15, -0.1) is 0 Å². The van der Waals surface area contributed by atoms with Crippen LogP contribution >= 0.6 is 11.3 Å². The van der Waals surface area contributed by atoms with Crippen LogP contribution < -0.4 is 10.0 Å². The summed E-state index contributed by atoms with van der Waals surface area (Å²) < 4.78 is 15.2. The molecule has 0 bridgehead atoms. The van der Waals surface area contributed by atoms with E-state index in [4.69, 9.17) is 0 Å². The molecule has 0 atom stereocenters. The molecule has 28 heavy (non-hydrogen) atoms. The van der Waals surface area contributed by atoms with Gasteiger partial charge in [-0.05, 0) is 36.6 Å². The third kappa shape index (κ3) is 5.76. The molecule has 0 saturated heterocycles. The molecular formula is C22H27FN3OS+. The van der Waals surface area contributed by atoms with Crippen LogP contribution in [0, 0.1) is 5.13 Å². The highest BCUT2D eigenvalue weighted by Crippen LogP contribution is 2.30. The standard InChI is InChI=1S/C22H27FN3OS/c1-2-3-4-5-6-7-9-17-11-13-19(14-12-17)24-22-25-20(21(23)28-22)18-10-8-15-26(27)16-18/h8,10-16,27H,2-7,9H2,1H3,(H,24,25)/q+1. The fourth-order valence-electron chi connectivity index (χ4n) is 3.12. The summed E-state index contributed by atoms with van der Waals surface area (Å²) in [6, 6.07) is 11.6. The molecule has 2 aromatic heterocycles. The van der Waals surface area contributed by atoms with Crippen LogP contribution in [0.2, 0.25) is 0 Å². The molecule has 6 heteroatoms. The normalized spacial score (nSPS) is 10.9. The number of benzene rings is 1. The molecule has 0 spiro atoms. The summed E-state index contributed by atoms with van der Waals surface area (Å²) >= 11 is 0.958. The zero-order chi connectivity index (χ0) is 19.8. The van der Waals surface area contributed by atoms with Crippen molar-refractivity contribution in [3.63, 3.8) is 0 Å². The number of nitrogens with one attached hydrogen (secondary N) is 1. The zero-order valence-electron chi connectivity index (χ0n) is 16.2. The van der Waals surface area contributed by atoms with Gasteiger partial charge in [-0.2, -0.15) is 4.39 Å². The van der Waals surface area contributed by atoms with Gasteiger partial charge in [0, 0.05) is 16.5 Å². The van der Waals surface area contributed by atoms with E-state index < -0.39 is 0 Å². The fraction of sp³-hybridized carbons (Fsp3) is 0.364. The SMILES string of the molecule is CCCCCCCCc1ccc(Nc2nc(-c3ccc[n+](O)c3)c(F)s2)cc1. The summed E-state index contributed by atoms with van der Waals surface area (Å²) in [6.07, 6.45) is 11.8. The molecule has 0 fully saturated rings. The van der Waals surface area contributed by atoms with Crippen molar-refractivity contribution >= 4 is 22.2 Å². The van der Waals surface area contributed by atoms with E-state index in [2.05, 4.69) is 29.4 Å². The summed E-state index contributed by atoms with van der Waals surface area (Å²) in [5.41, 5.74) is 2.97. The second-order valence-electron chi connectivity index (χ2n) is 6.95. The van der Waals surface area contributed by atoms with Gasteiger partial charge in [0.1, 0.15) is 5.69 Å². The van der Waals surface area contributed by atoms with Crippen molar-refractivity contribution in [1.82, 2.24) is 4.98 Å². The number of hydrogen-bond acceptors (Lipinski definition) is 4. The van der Waals surface area contributed by atoms with Gasteiger partial charge in [-0.1, -0.05) is 62.5 Å². The van der Waals surface area contributed by atoms with Crippen molar-refractivity contribution in [2.75, 3.05) is 5.32 Å². The highest BCUT2D eigenvalue weighted by atomic mass is 32.1. The largest absolute Gasteiger partial charge is 0.331 e. The maximum atomic E-state index is 14.3. The topological polar surface area (TPSA) is 49.0 Å². The number of hydrogen-bond donors (Lipinski definition) is 2. The Labute approximate surface area is 169 Å². The number of pyridine rings is 1. The summed E-state index contributed by atoms with van der Waals surface area (Å²) in [4.78, 5) is 4.33. The molecule has 3 aromatic rings. The van der Waals surface area contributed by atoms with Gasteiger partial charge in [-0.25, -0.2) is 4.98 Å². The van der Waals surface area contributed by atoms with Crippen LogP contribution in [0.15, 0.2) is 48.8 Å². The van der Waals surface area contributed by atoms with Crippen LogP contribution in [0.1, 0.15) is 51.0 Å². The van der Waals surface area contributed by atoms with Gasteiger partial charge in [0.2, 0.25) is 17.5 Å². The number of aromatic nitrogens is 2. The van der Waals surface area contributed by atoms with Gasteiger partial charge in [-0.3, -0.25) is 5.21 Å². The number of aryl methyl sites for hydroxylation is 1. The number of anilines is 2. The quantitative estimate of drug-likeness (QED) is 0.245.